The molecule has 0 bridgehead atoms. The second-order valence-electron chi connectivity index (χ2n) is 3.96. The van der Waals surface area contributed by atoms with Crippen molar-refractivity contribution in [2.24, 2.45) is 5.73 Å². The summed E-state index contributed by atoms with van der Waals surface area (Å²) in [5.41, 5.74) is 5.67. The molecule has 0 radical (unpaired) electrons. The minimum Gasteiger partial charge on any atom is -0.480 e. The van der Waals surface area contributed by atoms with Crippen molar-refractivity contribution in [1.82, 2.24) is 4.90 Å². The highest BCUT2D eigenvalue weighted by Crippen LogP contribution is 2.18. The number of amides is 1. The Hall–Kier alpha value is -1.10. The summed E-state index contributed by atoms with van der Waals surface area (Å²) in [4.78, 5) is 24.0. The molecule has 15 heavy (non-hydrogen) atoms. The van der Waals surface area contributed by atoms with E-state index >= 15 is 0 Å². The molecule has 1 aliphatic rings. The van der Waals surface area contributed by atoms with Gasteiger partial charge < -0.3 is 15.7 Å². The van der Waals surface area contributed by atoms with Crippen molar-refractivity contribution in [1.29, 1.82) is 0 Å². The lowest BCUT2D eigenvalue weighted by molar-refractivity contribution is -0.148. The number of carboxylic acid groups (broad SMARTS) is 1. The highest BCUT2D eigenvalue weighted by Gasteiger charge is 2.33. The highest BCUT2D eigenvalue weighted by atomic mass is 16.4. The fourth-order valence-electron chi connectivity index (χ4n) is 1.81. The number of carboxylic acids is 1. The van der Waals surface area contributed by atoms with Crippen molar-refractivity contribution in [2.75, 3.05) is 6.54 Å². The summed E-state index contributed by atoms with van der Waals surface area (Å²) in [6.45, 7) is 2.46. The minimum atomic E-state index is -0.911. The fourth-order valence-corrected chi connectivity index (χ4v) is 1.81. The molecule has 1 amide bonds. The Kier molecular flexibility index (Phi) is 4.08. The van der Waals surface area contributed by atoms with Crippen LogP contribution in [0.4, 0.5) is 0 Å². The molecule has 0 saturated carbocycles. The third-order valence-corrected chi connectivity index (χ3v) is 2.82. The number of rotatable bonds is 4. The van der Waals surface area contributed by atoms with E-state index < -0.39 is 12.0 Å². The molecule has 1 saturated heterocycles. The summed E-state index contributed by atoms with van der Waals surface area (Å²) < 4.78 is 0. The number of hydrogen-bond acceptors (Lipinski definition) is 3. The largest absolute Gasteiger partial charge is 0.480 e. The first kappa shape index (κ1) is 12.0. The van der Waals surface area contributed by atoms with Crippen molar-refractivity contribution in [3.8, 4) is 0 Å². The molecular formula is C10H18N2O3. The smallest absolute Gasteiger partial charge is 0.326 e. The highest BCUT2D eigenvalue weighted by molar-refractivity contribution is 5.84. The SMILES string of the molecule is CCC(N)CC(=O)N1CCC[C@H]1C(=O)O. The van der Waals surface area contributed by atoms with E-state index in [1.54, 1.807) is 0 Å². The van der Waals surface area contributed by atoms with Crippen LogP contribution in [0.15, 0.2) is 0 Å². The van der Waals surface area contributed by atoms with Gasteiger partial charge in [-0.15, -0.1) is 0 Å². The zero-order valence-corrected chi connectivity index (χ0v) is 8.98. The Balaban J connectivity index is 2.55. The van der Waals surface area contributed by atoms with Crippen LogP contribution in [0.3, 0.4) is 0 Å². The summed E-state index contributed by atoms with van der Waals surface area (Å²) >= 11 is 0. The Bertz CT molecular complexity index is 255. The van der Waals surface area contributed by atoms with Gasteiger partial charge in [-0.25, -0.2) is 4.79 Å². The standard InChI is InChI=1S/C10H18N2O3/c1-2-7(11)6-9(13)12-5-3-4-8(12)10(14)15/h7-8H,2-6,11H2,1H3,(H,14,15)/t7?,8-/m0/s1. The molecule has 0 aromatic heterocycles. The van der Waals surface area contributed by atoms with Crippen LogP contribution < -0.4 is 5.73 Å². The number of nitrogens with zero attached hydrogens (tertiary/aromatic N) is 1. The van der Waals surface area contributed by atoms with Crippen molar-refractivity contribution in [3.05, 3.63) is 0 Å². The van der Waals surface area contributed by atoms with Gasteiger partial charge in [0.1, 0.15) is 6.04 Å². The zero-order chi connectivity index (χ0) is 11.4. The second kappa shape index (κ2) is 5.11. The van der Waals surface area contributed by atoms with Crippen LogP contribution in [-0.4, -0.2) is 40.5 Å². The summed E-state index contributed by atoms with van der Waals surface area (Å²) in [5.74, 6) is -1.04. The molecule has 0 aromatic carbocycles. The third-order valence-electron chi connectivity index (χ3n) is 2.82. The first-order valence-corrected chi connectivity index (χ1v) is 5.34. The normalized spacial score (nSPS) is 22.8. The number of likely N-dealkylation sites (tertiary alicyclic amines) is 1. The van der Waals surface area contributed by atoms with Crippen molar-refractivity contribution in [2.45, 2.75) is 44.7 Å². The predicted octanol–water partition coefficient (Wildman–Crippen LogP) is 0.189. The summed E-state index contributed by atoms with van der Waals surface area (Å²) in [7, 11) is 0. The van der Waals surface area contributed by atoms with Crippen LogP contribution in [0.25, 0.3) is 0 Å². The topological polar surface area (TPSA) is 83.6 Å². The number of hydrogen-bond donors (Lipinski definition) is 2. The summed E-state index contributed by atoms with van der Waals surface area (Å²) in [6.07, 6.45) is 2.31. The lowest BCUT2D eigenvalue weighted by atomic mass is 10.1. The number of aliphatic carboxylic acids is 1. The molecular weight excluding hydrogens is 196 g/mol. The maximum Gasteiger partial charge on any atom is 0.326 e. The fraction of sp³-hybridized carbons (Fsp3) is 0.800. The lowest BCUT2D eigenvalue weighted by Gasteiger charge is -2.22. The molecule has 2 atom stereocenters. The first-order chi connectivity index (χ1) is 7.06. The van der Waals surface area contributed by atoms with E-state index in [4.69, 9.17) is 10.8 Å². The first-order valence-electron chi connectivity index (χ1n) is 5.34. The lowest BCUT2D eigenvalue weighted by Crippen LogP contribution is -2.42. The van der Waals surface area contributed by atoms with E-state index in [0.717, 1.165) is 12.8 Å². The maximum atomic E-state index is 11.7. The van der Waals surface area contributed by atoms with E-state index in [2.05, 4.69) is 0 Å². The quantitative estimate of drug-likeness (QED) is 0.699. The van der Waals surface area contributed by atoms with Gasteiger partial charge >= 0.3 is 5.97 Å². The van der Waals surface area contributed by atoms with Gasteiger partial charge in [0.15, 0.2) is 0 Å². The molecule has 5 nitrogen and oxygen atoms in total. The van der Waals surface area contributed by atoms with Gasteiger partial charge in [0.25, 0.3) is 0 Å². The van der Waals surface area contributed by atoms with Gasteiger partial charge in [-0.3, -0.25) is 4.79 Å². The van der Waals surface area contributed by atoms with Crippen LogP contribution in [0.5, 0.6) is 0 Å². The van der Waals surface area contributed by atoms with Crippen LogP contribution in [0, 0.1) is 0 Å². The molecule has 1 aliphatic heterocycles. The molecule has 5 heteroatoms. The predicted molar refractivity (Wildman–Crippen MR) is 55.3 cm³/mol. The summed E-state index contributed by atoms with van der Waals surface area (Å²) in [6, 6.07) is -0.797. The average molecular weight is 214 g/mol. The van der Waals surface area contributed by atoms with Gasteiger partial charge in [0.05, 0.1) is 0 Å². The van der Waals surface area contributed by atoms with E-state index in [9.17, 15) is 9.59 Å². The van der Waals surface area contributed by atoms with Crippen LogP contribution in [-0.2, 0) is 9.59 Å². The molecule has 0 aromatic rings. The average Bonchev–Trinajstić information content (AvgIpc) is 2.65. The number of carbonyl (C=O) groups is 2. The van der Waals surface area contributed by atoms with E-state index in [1.165, 1.54) is 4.90 Å². The Labute approximate surface area is 89.2 Å². The molecule has 1 unspecified atom stereocenters. The van der Waals surface area contributed by atoms with Crippen molar-refractivity contribution < 1.29 is 14.7 Å². The van der Waals surface area contributed by atoms with Gasteiger partial charge in [-0.1, -0.05) is 6.92 Å². The van der Waals surface area contributed by atoms with E-state index in [0.29, 0.717) is 13.0 Å². The molecule has 1 heterocycles. The molecule has 1 rings (SSSR count). The molecule has 0 spiro atoms. The zero-order valence-electron chi connectivity index (χ0n) is 8.98. The molecule has 0 aliphatic carbocycles. The third kappa shape index (κ3) is 2.92. The van der Waals surface area contributed by atoms with E-state index in [1.807, 2.05) is 6.92 Å². The Morgan fingerprint density at radius 2 is 2.27 bits per heavy atom. The van der Waals surface area contributed by atoms with Crippen LogP contribution >= 0.6 is 0 Å². The van der Waals surface area contributed by atoms with Gasteiger partial charge in [0.2, 0.25) is 5.91 Å². The van der Waals surface area contributed by atoms with Gasteiger partial charge in [-0.2, -0.15) is 0 Å². The number of carbonyl (C=O) groups excluding carboxylic acids is 1. The maximum absolute atomic E-state index is 11.7. The minimum absolute atomic E-state index is 0.130. The molecule has 86 valence electrons. The van der Waals surface area contributed by atoms with Crippen molar-refractivity contribution >= 4 is 11.9 Å². The Morgan fingerprint density at radius 3 is 2.80 bits per heavy atom. The molecule has 1 fully saturated rings. The Morgan fingerprint density at radius 1 is 1.60 bits per heavy atom. The van der Waals surface area contributed by atoms with Gasteiger partial charge in [-0.05, 0) is 19.3 Å². The molecule has 3 N–H and O–H groups in total. The monoisotopic (exact) mass is 214 g/mol. The van der Waals surface area contributed by atoms with Gasteiger partial charge in [0, 0.05) is 19.0 Å². The van der Waals surface area contributed by atoms with E-state index in [-0.39, 0.29) is 18.4 Å². The number of nitrogens with two attached hydrogens (primary N) is 1. The summed E-state index contributed by atoms with van der Waals surface area (Å²) in [5, 5.41) is 8.90. The van der Waals surface area contributed by atoms with Crippen molar-refractivity contribution in [3.63, 3.8) is 0 Å². The second-order valence-corrected chi connectivity index (χ2v) is 3.96. The van der Waals surface area contributed by atoms with Crippen LogP contribution in [0.2, 0.25) is 0 Å². The van der Waals surface area contributed by atoms with Crippen LogP contribution in [0.1, 0.15) is 32.6 Å².